The summed E-state index contributed by atoms with van der Waals surface area (Å²) in [6.45, 7) is 2.17. The summed E-state index contributed by atoms with van der Waals surface area (Å²) in [6, 6.07) is 16.6. The van der Waals surface area contributed by atoms with Crippen molar-refractivity contribution in [1.82, 2.24) is 5.32 Å². The largest absolute Gasteiger partial charge is 0.355 e. The third-order valence-electron chi connectivity index (χ3n) is 3.58. The number of amides is 1. The lowest BCUT2D eigenvalue weighted by Gasteiger charge is -2.05. The Morgan fingerprint density at radius 2 is 1.30 bits per heavy atom. The van der Waals surface area contributed by atoms with E-state index in [1.807, 2.05) is 24.3 Å². The van der Waals surface area contributed by atoms with Crippen molar-refractivity contribution in [3.8, 4) is 0 Å². The highest BCUT2D eigenvalue weighted by atomic mass is 16.1. The average molecular weight is 267 g/mol. The molecule has 0 aliphatic rings. The normalized spacial score (nSPS) is 10.3. The van der Waals surface area contributed by atoms with Crippen LogP contribution in [0, 0.1) is 0 Å². The predicted octanol–water partition coefficient (Wildman–Crippen LogP) is 3.39. The van der Waals surface area contributed by atoms with Crippen LogP contribution in [0.2, 0.25) is 0 Å². The Kier molecular flexibility index (Phi) is 4.94. The van der Waals surface area contributed by atoms with Gasteiger partial charge in [-0.25, -0.2) is 0 Å². The fourth-order valence-corrected chi connectivity index (χ4v) is 2.20. The summed E-state index contributed by atoms with van der Waals surface area (Å²) in [5.41, 5.74) is 4.71. The molecule has 0 fully saturated rings. The first kappa shape index (κ1) is 14.3. The van der Waals surface area contributed by atoms with Gasteiger partial charge < -0.3 is 5.32 Å². The number of carbonyl (C=O) groups is 1. The molecule has 0 aliphatic carbocycles. The van der Waals surface area contributed by atoms with Crippen LogP contribution in [0.15, 0.2) is 48.5 Å². The summed E-state index contributed by atoms with van der Waals surface area (Å²) in [4.78, 5) is 11.5. The Morgan fingerprint density at radius 3 is 1.75 bits per heavy atom. The van der Waals surface area contributed by atoms with Crippen molar-refractivity contribution in [3.05, 3.63) is 70.8 Å². The zero-order chi connectivity index (χ0) is 14.4. The van der Waals surface area contributed by atoms with Crippen LogP contribution < -0.4 is 5.32 Å². The van der Waals surface area contributed by atoms with Gasteiger partial charge in [0.05, 0.1) is 0 Å². The molecule has 2 aromatic carbocycles. The van der Waals surface area contributed by atoms with E-state index >= 15 is 0 Å². The zero-order valence-electron chi connectivity index (χ0n) is 12.1. The van der Waals surface area contributed by atoms with E-state index < -0.39 is 0 Å². The Balaban J connectivity index is 1.94. The smallest absolute Gasteiger partial charge is 0.251 e. The van der Waals surface area contributed by atoms with Crippen molar-refractivity contribution in [2.24, 2.45) is 0 Å². The second kappa shape index (κ2) is 6.90. The van der Waals surface area contributed by atoms with Crippen LogP contribution in [0.3, 0.4) is 0 Å². The standard InChI is InChI=1S/C18H21NO/c1-3-14-4-6-15(7-5-14)8-9-16-10-12-17(13-11-16)18(20)19-2/h4-7,10-13H,3,8-9H2,1-2H3,(H,19,20). The van der Waals surface area contributed by atoms with Gasteiger partial charge in [0.15, 0.2) is 0 Å². The van der Waals surface area contributed by atoms with Gasteiger partial charge in [-0.2, -0.15) is 0 Å². The van der Waals surface area contributed by atoms with Crippen molar-refractivity contribution in [2.45, 2.75) is 26.2 Å². The summed E-state index contributed by atoms with van der Waals surface area (Å²) in [5.74, 6) is -0.0355. The van der Waals surface area contributed by atoms with Crippen LogP contribution in [-0.4, -0.2) is 13.0 Å². The van der Waals surface area contributed by atoms with E-state index in [1.165, 1.54) is 16.7 Å². The number of carbonyl (C=O) groups excluding carboxylic acids is 1. The molecule has 0 saturated carbocycles. The van der Waals surface area contributed by atoms with E-state index in [9.17, 15) is 4.79 Å². The van der Waals surface area contributed by atoms with Crippen LogP contribution in [0.5, 0.6) is 0 Å². The van der Waals surface area contributed by atoms with Crippen LogP contribution in [-0.2, 0) is 19.3 Å². The van der Waals surface area contributed by atoms with Gasteiger partial charge in [0, 0.05) is 12.6 Å². The summed E-state index contributed by atoms with van der Waals surface area (Å²) >= 11 is 0. The van der Waals surface area contributed by atoms with Crippen molar-refractivity contribution < 1.29 is 4.79 Å². The Labute approximate surface area is 120 Å². The van der Waals surface area contributed by atoms with E-state index in [0.29, 0.717) is 5.56 Å². The van der Waals surface area contributed by atoms with Crippen LogP contribution in [0.1, 0.15) is 34.0 Å². The maximum Gasteiger partial charge on any atom is 0.251 e. The molecule has 0 aliphatic heterocycles. The highest BCUT2D eigenvalue weighted by molar-refractivity contribution is 5.93. The van der Waals surface area contributed by atoms with Gasteiger partial charge in [0.25, 0.3) is 5.91 Å². The van der Waals surface area contributed by atoms with Gasteiger partial charge in [-0.15, -0.1) is 0 Å². The molecule has 0 spiro atoms. The average Bonchev–Trinajstić information content (AvgIpc) is 2.53. The first-order valence-corrected chi connectivity index (χ1v) is 7.11. The molecule has 2 aromatic rings. The molecule has 2 rings (SSSR count). The minimum atomic E-state index is -0.0355. The number of aryl methyl sites for hydroxylation is 3. The molecule has 2 nitrogen and oxygen atoms in total. The second-order valence-electron chi connectivity index (χ2n) is 4.95. The molecule has 2 heteroatoms. The number of hydrogen-bond donors (Lipinski definition) is 1. The van der Waals surface area contributed by atoms with Gasteiger partial charge in [-0.1, -0.05) is 43.3 Å². The minimum absolute atomic E-state index is 0.0355. The molecule has 0 aromatic heterocycles. The number of nitrogens with one attached hydrogen (secondary N) is 1. The van der Waals surface area contributed by atoms with Crippen LogP contribution in [0.25, 0.3) is 0 Å². The number of hydrogen-bond acceptors (Lipinski definition) is 1. The maximum absolute atomic E-state index is 11.5. The van der Waals surface area contributed by atoms with Gasteiger partial charge >= 0.3 is 0 Å². The summed E-state index contributed by atoms with van der Waals surface area (Å²) < 4.78 is 0. The molecule has 20 heavy (non-hydrogen) atoms. The van der Waals surface area contributed by atoms with E-state index in [1.54, 1.807) is 7.05 Å². The van der Waals surface area contributed by atoms with Gasteiger partial charge in [-0.05, 0) is 48.1 Å². The first-order valence-electron chi connectivity index (χ1n) is 7.11. The first-order chi connectivity index (χ1) is 9.72. The third kappa shape index (κ3) is 3.70. The monoisotopic (exact) mass is 267 g/mol. The molecule has 0 saturated heterocycles. The summed E-state index contributed by atoms with van der Waals surface area (Å²) in [7, 11) is 1.65. The minimum Gasteiger partial charge on any atom is -0.355 e. The third-order valence-corrected chi connectivity index (χ3v) is 3.58. The fraction of sp³-hybridized carbons (Fsp3) is 0.278. The number of rotatable bonds is 5. The topological polar surface area (TPSA) is 29.1 Å². The van der Waals surface area contributed by atoms with Crippen molar-refractivity contribution in [3.63, 3.8) is 0 Å². The Hall–Kier alpha value is -2.09. The van der Waals surface area contributed by atoms with Crippen molar-refractivity contribution in [2.75, 3.05) is 7.05 Å². The molecule has 0 heterocycles. The van der Waals surface area contributed by atoms with Crippen molar-refractivity contribution in [1.29, 1.82) is 0 Å². The number of benzene rings is 2. The van der Waals surface area contributed by atoms with Gasteiger partial charge in [0.1, 0.15) is 0 Å². The van der Waals surface area contributed by atoms with E-state index in [2.05, 4.69) is 36.5 Å². The Morgan fingerprint density at radius 1 is 0.850 bits per heavy atom. The summed E-state index contributed by atoms with van der Waals surface area (Å²) in [5, 5.41) is 2.63. The molecule has 104 valence electrons. The lowest BCUT2D eigenvalue weighted by molar-refractivity contribution is 0.0963. The molecule has 0 atom stereocenters. The highest BCUT2D eigenvalue weighted by Crippen LogP contribution is 2.11. The lowest BCUT2D eigenvalue weighted by atomic mass is 10.0. The van der Waals surface area contributed by atoms with E-state index in [4.69, 9.17) is 0 Å². The van der Waals surface area contributed by atoms with Gasteiger partial charge in [0.2, 0.25) is 0 Å². The van der Waals surface area contributed by atoms with E-state index in [-0.39, 0.29) is 5.91 Å². The highest BCUT2D eigenvalue weighted by Gasteiger charge is 2.02. The molecule has 1 amide bonds. The molecule has 0 radical (unpaired) electrons. The molecule has 0 unspecified atom stereocenters. The molecule has 1 N–H and O–H groups in total. The molecule has 0 bridgehead atoms. The second-order valence-corrected chi connectivity index (χ2v) is 4.95. The van der Waals surface area contributed by atoms with Crippen LogP contribution >= 0.6 is 0 Å². The quantitative estimate of drug-likeness (QED) is 0.884. The lowest BCUT2D eigenvalue weighted by Crippen LogP contribution is -2.17. The fourth-order valence-electron chi connectivity index (χ4n) is 2.20. The summed E-state index contributed by atoms with van der Waals surface area (Å²) in [6.07, 6.45) is 3.12. The molecular formula is C18H21NO. The van der Waals surface area contributed by atoms with Crippen molar-refractivity contribution >= 4 is 5.91 Å². The SMILES string of the molecule is CCc1ccc(CCc2ccc(C(=O)NC)cc2)cc1. The van der Waals surface area contributed by atoms with Gasteiger partial charge in [-0.3, -0.25) is 4.79 Å². The molecular weight excluding hydrogens is 246 g/mol. The predicted molar refractivity (Wildman–Crippen MR) is 83.1 cm³/mol. The van der Waals surface area contributed by atoms with Crippen LogP contribution in [0.4, 0.5) is 0 Å². The van der Waals surface area contributed by atoms with E-state index in [0.717, 1.165) is 19.3 Å². The Bertz CT molecular complexity index is 555. The zero-order valence-corrected chi connectivity index (χ0v) is 12.1. The maximum atomic E-state index is 11.5.